The molecule has 1 fully saturated rings. The molecule has 104 valence electrons. The minimum Gasteiger partial charge on any atom is -0.459 e. The van der Waals surface area contributed by atoms with E-state index < -0.39 is 11.0 Å². The van der Waals surface area contributed by atoms with E-state index in [4.69, 9.17) is 10.5 Å². The monoisotopic (exact) mass is 253 g/mol. The van der Waals surface area contributed by atoms with E-state index in [1.807, 2.05) is 27.7 Å². The van der Waals surface area contributed by atoms with Gasteiger partial charge in [-0.3, -0.25) is 4.79 Å². The zero-order valence-electron chi connectivity index (χ0n) is 12.2. The molecule has 3 heteroatoms. The molecule has 0 spiro atoms. The molecule has 1 aliphatic rings. The van der Waals surface area contributed by atoms with Crippen molar-refractivity contribution in [2.75, 3.05) is 0 Å². The number of hydrogen-bond acceptors (Lipinski definition) is 3. The molecule has 1 saturated carbocycles. The summed E-state index contributed by atoms with van der Waals surface area (Å²) in [7, 11) is 0. The van der Waals surface area contributed by atoms with Gasteiger partial charge in [-0.15, -0.1) is 6.58 Å². The van der Waals surface area contributed by atoms with Crippen LogP contribution in [0, 0.1) is 5.41 Å². The second-order valence-electron chi connectivity index (χ2n) is 6.83. The highest BCUT2D eigenvalue weighted by atomic mass is 16.6. The number of ether oxygens (including phenoxy) is 1. The molecule has 2 N–H and O–H groups in total. The van der Waals surface area contributed by atoms with Crippen molar-refractivity contribution in [3.05, 3.63) is 12.7 Å². The lowest BCUT2D eigenvalue weighted by Crippen LogP contribution is -2.44. The van der Waals surface area contributed by atoms with Crippen molar-refractivity contribution in [1.82, 2.24) is 0 Å². The lowest BCUT2D eigenvalue weighted by atomic mass is 9.79. The van der Waals surface area contributed by atoms with Crippen LogP contribution in [-0.2, 0) is 9.53 Å². The van der Waals surface area contributed by atoms with Gasteiger partial charge >= 0.3 is 5.97 Å². The zero-order valence-corrected chi connectivity index (χ0v) is 12.2. The first-order valence-corrected chi connectivity index (χ1v) is 6.76. The molecule has 0 aliphatic heterocycles. The highest BCUT2D eigenvalue weighted by molar-refractivity contribution is 5.79. The fraction of sp³-hybridized carbons (Fsp3) is 0.800. The van der Waals surface area contributed by atoms with Crippen LogP contribution in [0.1, 0.15) is 59.8 Å². The molecule has 1 atom stereocenters. The van der Waals surface area contributed by atoms with Crippen molar-refractivity contribution in [3.8, 4) is 0 Å². The van der Waals surface area contributed by atoms with Crippen molar-refractivity contribution < 1.29 is 9.53 Å². The van der Waals surface area contributed by atoms with E-state index in [9.17, 15) is 4.79 Å². The number of hydrogen-bond donors (Lipinski definition) is 1. The number of carbonyl (C=O) groups excluding carboxylic acids is 1. The van der Waals surface area contributed by atoms with Gasteiger partial charge < -0.3 is 10.5 Å². The van der Waals surface area contributed by atoms with E-state index in [0.717, 1.165) is 25.7 Å². The SMILES string of the molecule is C=CC(C)(CC(C)(C)N)C(=O)OC1(C)CCCC1. The van der Waals surface area contributed by atoms with Gasteiger partial charge in [-0.25, -0.2) is 0 Å². The smallest absolute Gasteiger partial charge is 0.316 e. The molecule has 0 aromatic rings. The van der Waals surface area contributed by atoms with Crippen molar-refractivity contribution in [3.63, 3.8) is 0 Å². The molecular formula is C15H27NO2. The maximum Gasteiger partial charge on any atom is 0.316 e. The van der Waals surface area contributed by atoms with E-state index in [2.05, 4.69) is 6.58 Å². The largest absolute Gasteiger partial charge is 0.459 e. The first kappa shape index (κ1) is 15.2. The van der Waals surface area contributed by atoms with E-state index >= 15 is 0 Å². The molecule has 0 saturated heterocycles. The van der Waals surface area contributed by atoms with Gasteiger partial charge in [0, 0.05) is 5.54 Å². The van der Waals surface area contributed by atoms with Gasteiger partial charge in [0.05, 0.1) is 5.41 Å². The number of esters is 1. The zero-order chi connectivity index (χ0) is 14.0. The standard InChI is InChI=1S/C15H27NO2/c1-6-14(4,11-13(2,3)16)12(17)18-15(5)9-7-8-10-15/h6H,1,7-11,16H2,2-5H3. The van der Waals surface area contributed by atoms with Crippen molar-refractivity contribution in [1.29, 1.82) is 0 Å². The van der Waals surface area contributed by atoms with Crippen LogP contribution >= 0.6 is 0 Å². The third-order valence-corrected chi connectivity index (χ3v) is 3.74. The Hall–Kier alpha value is -0.830. The third-order valence-electron chi connectivity index (χ3n) is 3.74. The maximum absolute atomic E-state index is 12.4. The average Bonchev–Trinajstić information content (AvgIpc) is 2.62. The molecule has 1 aliphatic carbocycles. The van der Waals surface area contributed by atoms with Crippen molar-refractivity contribution in [2.45, 2.75) is 70.9 Å². The highest BCUT2D eigenvalue weighted by Crippen LogP contribution is 2.37. The molecule has 18 heavy (non-hydrogen) atoms. The summed E-state index contributed by atoms with van der Waals surface area (Å²) in [5, 5.41) is 0. The summed E-state index contributed by atoms with van der Waals surface area (Å²) in [6.07, 6.45) is 6.39. The van der Waals surface area contributed by atoms with Gasteiger partial charge in [0.15, 0.2) is 0 Å². The van der Waals surface area contributed by atoms with Gasteiger partial charge in [0.1, 0.15) is 5.60 Å². The molecule has 0 aromatic heterocycles. The van der Waals surface area contributed by atoms with Gasteiger partial charge in [-0.2, -0.15) is 0 Å². The van der Waals surface area contributed by atoms with Crippen LogP contribution in [0.25, 0.3) is 0 Å². The minimum absolute atomic E-state index is 0.194. The van der Waals surface area contributed by atoms with Crippen LogP contribution in [0.15, 0.2) is 12.7 Å². The van der Waals surface area contributed by atoms with Crippen molar-refractivity contribution in [2.24, 2.45) is 11.1 Å². The van der Waals surface area contributed by atoms with Gasteiger partial charge in [-0.1, -0.05) is 6.08 Å². The predicted octanol–water partition coefficient (Wildman–Crippen LogP) is 3.18. The van der Waals surface area contributed by atoms with Gasteiger partial charge in [0.2, 0.25) is 0 Å². The fourth-order valence-corrected chi connectivity index (χ4v) is 2.74. The summed E-state index contributed by atoms with van der Waals surface area (Å²) < 4.78 is 5.74. The average molecular weight is 253 g/mol. The van der Waals surface area contributed by atoms with Crippen LogP contribution < -0.4 is 5.73 Å². The lowest BCUT2D eigenvalue weighted by Gasteiger charge is -2.34. The number of carbonyl (C=O) groups is 1. The van der Waals surface area contributed by atoms with E-state index in [1.54, 1.807) is 6.08 Å². The first-order valence-electron chi connectivity index (χ1n) is 6.76. The third kappa shape index (κ3) is 3.84. The molecule has 0 heterocycles. The molecule has 1 unspecified atom stereocenters. The topological polar surface area (TPSA) is 52.3 Å². The lowest BCUT2D eigenvalue weighted by molar-refractivity contribution is -0.167. The number of nitrogens with two attached hydrogens (primary N) is 1. The molecular weight excluding hydrogens is 226 g/mol. The Morgan fingerprint density at radius 3 is 2.28 bits per heavy atom. The van der Waals surface area contributed by atoms with Crippen LogP contribution in [0.2, 0.25) is 0 Å². The Balaban J connectivity index is 2.75. The maximum atomic E-state index is 12.4. The summed E-state index contributed by atoms with van der Waals surface area (Å²) in [5.74, 6) is -0.194. The van der Waals surface area contributed by atoms with E-state index in [-0.39, 0.29) is 11.6 Å². The molecule has 1 rings (SSSR count). The molecule has 0 bridgehead atoms. The minimum atomic E-state index is -0.705. The van der Waals surface area contributed by atoms with E-state index in [0.29, 0.717) is 6.42 Å². The Kier molecular flexibility index (Phi) is 4.26. The highest BCUT2D eigenvalue weighted by Gasteiger charge is 2.41. The summed E-state index contributed by atoms with van der Waals surface area (Å²) in [6.45, 7) is 11.5. The Bertz CT molecular complexity index is 324. The van der Waals surface area contributed by atoms with Crippen LogP contribution in [0.4, 0.5) is 0 Å². The van der Waals surface area contributed by atoms with Crippen LogP contribution in [-0.4, -0.2) is 17.1 Å². The summed E-state index contributed by atoms with van der Waals surface area (Å²) in [5.41, 5.74) is 4.61. The van der Waals surface area contributed by atoms with Crippen molar-refractivity contribution >= 4 is 5.97 Å². The second-order valence-corrected chi connectivity index (χ2v) is 6.83. The normalized spacial score (nSPS) is 22.3. The predicted molar refractivity (Wildman–Crippen MR) is 74.2 cm³/mol. The molecule has 0 aromatic carbocycles. The van der Waals surface area contributed by atoms with Gasteiger partial charge in [-0.05, 0) is 59.8 Å². The summed E-state index contributed by atoms with van der Waals surface area (Å²) in [6, 6.07) is 0. The quantitative estimate of drug-likeness (QED) is 0.605. The van der Waals surface area contributed by atoms with Gasteiger partial charge in [0.25, 0.3) is 0 Å². The second kappa shape index (κ2) is 5.04. The van der Waals surface area contributed by atoms with E-state index in [1.165, 1.54) is 0 Å². The number of rotatable bonds is 5. The Morgan fingerprint density at radius 1 is 1.39 bits per heavy atom. The fourth-order valence-electron chi connectivity index (χ4n) is 2.74. The summed E-state index contributed by atoms with van der Waals surface area (Å²) in [4.78, 5) is 12.4. The molecule has 0 amide bonds. The van der Waals surface area contributed by atoms with Crippen LogP contribution in [0.5, 0.6) is 0 Å². The van der Waals surface area contributed by atoms with Crippen LogP contribution in [0.3, 0.4) is 0 Å². The molecule has 3 nitrogen and oxygen atoms in total. The Labute approximate surface area is 111 Å². The first-order chi connectivity index (χ1) is 8.10. The Morgan fingerprint density at radius 2 is 1.89 bits per heavy atom. The summed E-state index contributed by atoms with van der Waals surface area (Å²) >= 11 is 0. The molecule has 0 radical (unpaired) electrons.